The zero-order valence-corrected chi connectivity index (χ0v) is 17.6. The van der Waals surface area contributed by atoms with Crippen LogP contribution in [0.5, 0.6) is 5.75 Å². The molecule has 29 heavy (non-hydrogen) atoms. The smallest absolute Gasteiger partial charge is 0.251 e. The molecule has 2 N–H and O–H groups in total. The first kappa shape index (κ1) is 19.3. The molecule has 4 rings (SSSR count). The maximum Gasteiger partial charge on any atom is 0.251 e. The normalized spacial score (nSPS) is 11.9. The Morgan fingerprint density at radius 1 is 1.07 bits per heavy atom. The zero-order valence-electron chi connectivity index (χ0n) is 16.0. The topological polar surface area (TPSA) is 54.1 Å². The van der Waals surface area contributed by atoms with E-state index in [9.17, 15) is 4.79 Å². The van der Waals surface area contributed by atoms with E-state index in [2.05, 4.69) is 50.5 Å². The summed E-state index contributed by atoms with van der Waals surface area (Å²) in [6, 6.07) is 23.6. The Morgan fingerprint density at radius 2 is 1.86 bits per heavy atom. The van der Waals surface area contributed by atoms with Gasteiger partial charge in [0, 0.05) is 39.6 Å². The fraction of sp³-hybridized carbons (Fsp3) is 0.125. The van der Waals surface area contributed by atoms with Crippen LogP contribution in [0, 0.1) is 0 Å². The average molecular weight is 449 g/mol. The first-order valence-electron chi connectivity index (χ1n) is 9.39. The van der Waals surface area contributed by atoms with Crippen LogP contribution in [0.3, 0.4) is 0 Å². The summed E-state index contributed by atoms with van der Waals surface area (Å²) in [5.41, 5.74) is 3.97. The van der Waals surface area contributed by atoms with E-state index in [-0.39, 0.29) is 11.8 Å². The zero-order chi connectivity index (χ0) is 20.2. The molecule has 1 atom stereocenters. The van der Waals surface area contributed by atoms with Crippen molar-refractivity contribution in [3.8, 4) is 5.75 Å². The van der Waals surface area contributed by atoms with Gasteiger partial charge in [0.25, 0.3) is 5.91 Å². The molecule has 3 aromatic carbocycles. The van der Waals surface area contributed by atoms with Crippen molar-refractivity contribution in [1.29, 1.82) is 0 Å². The third-order valence-corrected chi connectivity index (χ3v) is 5.60. The second-order valence-corrected chi connectivity index (χ2v) is 7.75. The predicted octanol–water partition coefficient (Wildman–Crippen LogP) is 5.50. The number of fused-ring (bicyclic) bond motifs is 1. The first-order valence-corrected chi connectivity index (χ1v) is 10.2. The summed E-state index contributed by atoms with van der Waals surface area (Å²) in [4.78, 5) is 16.1. The lowest BCUT2D eigenvalue weighted by Crippen LogP contribution is -2.28. The number of H-pyrrole nitrogens is 1. The van der Waals surface area contributed by atoms with Gasteiger partial charge in [-0.05, 0) is 47.5 Å². The number of hydrogen-bond acceptors (Lipinski definition) is 2. The summed E-state index contributed by atoms with van der Waals surface area (Å²) in [5, 5.41) is 4.26. The first-order chi connectivity index (χ1) is 14.2. The number of aromatic amines is 1. The molecular formula is C24H21BrN2O2. The van der Waals surface area contributed by atoms with Gasteiger partial charge >= 0.3 is 0 Å². The molecule has 0 spiro atoms. The molecule has 5 heteroatoms. The lowest BCUT2D eigenvalue weighted by Gasteiger charge is -2.18. The number of rotatable bonds is 6. The molecule has 0 aliphatic carbocycles. The van der Waals surface area contributed by atoms with Crippen molar-refractivity contribution >= 4 is 32.7 Å². The number of para-hydroxylation sites is 1. The second-order valence-electron chi connectivity index (χ2n) is 6.84. The Bertz CT molecular complexity index is 1140. The Labute approximate surface area is 178 Å². The summed E-state index contributed by atoms with van der Waals surface area (Å²) in [6.07, 6.45) is 2.04. The van der Waals surface area contributed by atoms with Crippen LogP contribution in [0.2, 0.25) is 0 Å². The van der Waals surface area contributed by atoms with E-state index >= 15 is 0 Å². The number of benzene rings is 3. The van der Waals surface area contributed by atoms with E-state index in [1.165, 1.54) is 0 Å². The highest BCUT2D eigenvalue weighted by Gasteiger charge is 2.19. The molecule has 4 nitrogen and oxygen atoms in total. The number of hydrogen-bond donors (Lipinski definition) is 2. The van der Waals surface area contributed by atoms with Crippen molar-refractivity contribution < 1.29 is 9.53 Å². The maximum atomic E-state index is 12.8. The molecule has 1 unspecified atom stereocenters. The predicted molar refractivity (Wildman–Crippen MR) is 120 cm³/mol. The standard InChI is InChI=1S/C24H21BrN2O2/c1-29-19-6-4-5-17(13-19)24(28)27-14-21(16-9-11-18(25)12-10-16)22-15-26-23-8-3-2-7-20(22)23/h2-13,15,21,26H,14H2,1H3,(H,27,28). The Morgan fingerprint density at radius 3 is 2.66 bits per heavy atom. The van der Waals surface area contributed by atoms with Crippen LogP contribution in [-0.4, -0.2) is 24.5 Å². The summed E-state index contributed by atoms with van der Waals surface area (Å²) in [6.45, 7) is 0.486. The molecule has 0 radical (unpaired) electrons. The van der Waals surface area contributed by atoms with Gasteiger partial charge in [-0.25, -0.2) is 0 Å². The molecule has 0 aliphatic rings. The van der Waals surface area contributed by atoms with Crippen molar-refractivity contribution in [2.45, 2.75) is 5.92 Å². The number of methoxy groups -OCH3 is 1. The maximum absolute atomic E-state index is 12.8. The minimum atomic E-state index is -0.120. The van der Waals surface area contributed by atoms with Crippen LogP contribution in [0.25, 0.3) is 10.9 Å². The van der Waals surface area contributed by atoms with Gasteiger partial charge in [-0.2, -0.15) is 0 Å². The summed E-state index contributed by atoms with van der Waals surface area (Å²) in [7, 11) is 1.59. The monoisotopic (exact) mass is 448 g/mol. The van der Waals surface area contributed by atoms with Gasteiger partial charge in [-0.1, -0.05) is 52.3 Å². The van der Waals surface area contributed by atoms with E-state index in [0.717, 1.165) is 26.5 Å². The fourth-order valence-electron chi connectivity index (χ4n) is 3.55. The lowest BCUT2D eigenvalue weighted by molar-refractivity contribution is 0.0952. The second kappa shape index (κ2) is 8.53. The molecule has 0 bridgehead atoms. The molecule has 146 valence electrons. The summed E-state index contributed by atoms with van der Waals surface area (Å²) >= 11 is 3.50. The fourth-order valence-corrected chi connectivity index (χ4v) is 3.81. The molecule has 0 fully saturated rings. The van der Waals surface area contributed by atoms with Gasteiger partial charge in [0.2, 0.25) is 0 Å². The van der Waals surface area contributed by atoms with E-state index < -0.39 is 0 Å². The van der Waals surface area contributed by atoms with Crippen molar-refractivity contribution in [3.05, 3.63) is 100 Å². The Kier molecular flexibility index (Phi) is 5.67. The van der Waals surface area contributed by atoms with Gasteiger partial charge in [0.15, 0.2) is 0 Å². The largest absolute Gasteiger partial charge is 0.497 e. The van der Waals surface area contributed by atoms with Crippen molar-refractivity contribution in [2.24, 2.45) is 0 Å². The molecule has 0 aliphatic heterocycles. The minimum absolute atomic E-state index is 0.0220. The van der Waals surface area contributed by atoms with Crippen LogP contribution in [0.1, 0.15) is 27.4 Å². The average Bonchev–Trinajstić information content (AvgIpc) is 3.19. The van der Waals surface area contributed by atoms with E-state index in [1.807, 2.05) is 42.6 Å². The number of halogens is 1. The quantitative estimate of drug-likeness (QED) is 0.409. The van der Waals surface area contributed by atoms with Crippen molar-refractivity contribution in [3.63, 3.8) is 0 Å². The number of ether oxygens (including phenoxy) is 1. The molecule has 1 heterocycles. The van der Waals surface area contributed by atoms with Crippen LogP contribution in [0.4, 0.5) is 0 Å². The van der Waals surface area contributed by atoms with E-state index in [4.69, 9.17) is 4.74 Å². The Balaban J connectivity index is 1.64. The number of aromatic nitrogens is 1. The third-order valence-electron chi connectivity index (χ3n) is 5.07. The summed E-state index contributed by atoms with van der Waals surface area (Å²) in [5.74, 6) is 0.568. The van der Waals surface area contributed by atoms with Crippen LogP contribution < -0.4 is 10.1 Å². The van der Waals surface area contributed by atoms with Gasteiger partial charge in [0.1, 0.15) is 5.75 Å². The van der Waals surface area contributed by atoms with Crippen LogP contribution in [-0.2, 0) is 0 Å². The Hall–Kier alpha value is -3.05. The number of carbonyl (C=O) groups is 1. The third kappa shape index (κ3) is 4.20. The van der Waals surface area contributed by atoms with Gasteiger partial charge in [0.05, 0.1) is 7.11 Å². The minimum Gasteiger partial charge on any atom is -0.497 e. The molecular weight excluding hydrogens is 428 g/mol. The van der Waals surface area contributed by atoms with E-state index in [1.54, 1.807) is 19.2 Å². The molecule has 0 saturated heterocycles. The number of nitrogens with one attached hydrogen (secondary N) is 2. The van der Waals surface area contributed by atoms with E-state index in [0.29, 0.717) is 17.9 Å². The molecule has 0 saturated carbocycles. The van der Waals surface area contributed by atoms with Gasteiger partial charge in [-0.15, -0.1) is 0 Å². The molecule has 1 aromatic heterocycles. The number of amides is 1. The van der Waals surface area contributed by atoms with Gasteiger partial charge in [-0.3, -0.25) is 4.79 Å². The van der Waals surface area contributed by atoms with Gasteiger partial charge < -0.3 is 15.0 Å². The van der Waals surface area contributed by atoms with Crippen molar-refractivity contribution in [1.82, 2.24) is 10.3 Å². The highest BCUT2D eigenvalue weighted by Crippen LogP contribution is 2.31. The van der Waals surface area contributed by atoms with Crippen LogP contribution in [0.15, 0.2) is 83.5 Å². The lowest BCUT2D eigenvalue weighted by atomic mass is 9.91. The summed E-state index contributed by atoms with van der Waals surface area (Å²) < 4.78 is 6.26. The highest BCUT2D eigenvalue weighted by molar-refractivity contribution is 9.10. The molecule has 4 aromatic rings. The van der Waals surface area contributed by atoms with Crippen molar-refractivity contribution in [2.75, 3.05) is 13.7 Å². The SMILES string of the molecule is COc1cccc(C(=O)NCC(c2ccc(Br)cc2)c2c[nH]c3ccccc23)c1. The number of carbonyl (C=O) groups excluding carboxylic acids is 1. The highest BCUT2D eigenvalue weighted by atomic mass is 79.9. The molecule has 1 amide bonds. The van der Waals surface area contributed by atoms with Crippen LogP contribution >= 0.6 is 15.9 Å².